The second-order valence-electron chi connectivity index (χ2n) is 6.46. The Balaban J connectivity index is 1.78. The number of ether oxygens (including phenoxy) is 1. The Labute approximate surface area is 155 Å². The van der Waals surface area contributed by atoms with Gasteiger partial charge in [0, 0.05) is 38.6 Å². The van der Waals surface area contributed by atoms with Gasteiger partial charge in [0.1, 0.15) is 0 Å². The lowest BCUT2D eigenvalue weighted by atomic mass is 10.1. The highest BCUT2D eigenvalue weighted by atomic mass is 19.4. The Morgan fingerprint density at radius 3 is 2.52 bits per heavy atom. The molecule has 5 nitrogen and oxygen atoms in total. The average molecular weight is 381 g/mol. The molecule has 1 saturated heterocycles. The molecule has 1 aromatic carbocycles. The van der Waals surface area contributed by atoms with E-state index in [-0.39, 0.29) is 18.2 Å². The lowest BCUT2D eigenvalue weighted by Gasteiger charge is -2.35. The predicted molar refractivity (Wildman–Crippen MR) is 94.3 cm³/mol. The maximum Gasteiger partial charge on any atom is 0.417 e. The standard InChI is InChI=1S/C19H22F3N3O2/c1-24-8-4-7-16(24)17(25-9-11-27-12-10-25)13-23-18(26)14-5-2-3-6-15(14)19(20,21)22/h2-8,17H,9-13H2,1H3,(H,23,26). The van der Waals surface area contributed by atoms with Gasteiger partial charge in [0.15, 0.2) is 0 Å². The zero-order valence-corrected chi connectivity index (χ0v) is 15.0. The summed E-state index contributed by atoms with van der Waals surface area (Å²) in [4.78, 5) is 14.7. The highest BCUT2D eigenvalue weighted by molar-refractivity contribution is 5.95. The summed E-state index contributed by atoms with van der Waals surface area (Å²) in [6, 6.07) is 8.55. The first-order chi connectivity index (χ1) is 12.9. The second-order valence-corrected chi connectivity index (χ2v) is 6.46. The van der Waals surface area contributed by atoms with Crippen molar-refractivity contribution in [1.29, 1.82) is 0 Å². The van der Waals surface area contributed by atoms with Crippen molar-refractivity contribution in [1.82, 2.24) is 14.8 Å². The summed E-state index contributed by atoms with van der Waals surface area (Å²) >= 11 is 0. The molecule has 1 fully saturated rings. The molecule has 0 radical (unpaired) electrons. The third-order valence-electron chi connectivity index (χ3n) is 4.74. The van der Waals surface area contributed by atoms with E-state index >= 15 is 0 Å². The maximum atomic E-state index is 13.2. The minimum Gasteiger partial charge on any atom is -0.379 e. The topological polar surface area (TPSA) is 46.5 Å². The quantitative estimate of drug-likeness (QED) is 0.867. The maximum absolute atomic E-state index is 13.2. The average Bonchev–Trinajstić information content (AvgIpc) is 3.08. The molecule has 0 bridgehead atoms. The van der Waals surface area contributed by atoms with Crippen molar-refractivity contribution in [3.05, 3.63) is 59.4 Å². The normalized spacial score (nSPS) is 16.9. The first-order valence-electron chi connectivity index (χ1n) is 8.75. The largest absolute Gasteiger partial charge is 0.417 e. The number of carbonyl (C=O) groups excluding carboxylic acids is 1. The molecule has 2 heterocycles. The monoisotopic (exact) mass is 381 g/mol. The van der Waals surface area contributed by atoms with Crippen LogP contribution in [0.25, 0.3) is 0 Å². The van der Waals surface area contributed by atoms with Crippen molar-refractivity contribution in [3.63, 3.8) is 0 Å². The zero-order valence-electron chi connectivity index (χ0n) is 15.0. The van der Waals surface area contributed by atoms with Crippen LogP contribution >= 0.6 is 0 Å². The Bertz CT molecular complexity index is 783. The van der Waals surface area contributed by atoms with Crippen LogP contribution in [0.3, 0.4) is 0 Å². The van der Waals surface area contributed by atoms with E-state index in [1.807, 2.05) is 29.9 Å². The number of aryl methyl sites for hydroxylation is 1. The van der Waals surface area contributed by atoms with Gasteiger partial charge in [0.05, 0.1) is 30.4 Å². The lowest BCUT2D eigenvalue weighted by Crippen LogP contribution is -2.44. The number of morpholine rings is 1. The number of hydrogen-bond acceptors (Lipinski definition) is 3. The SMILES string of the molecule is Cn1cccc1C(CNC(=O)c1ccccc1C(F)(F)F)N1CCOCC1. The van der Waals surface area contributed by atoms with Crippen LogP contribution in [0.1, 0.15) is 27.7 Å². The van der Waals surface area contributed by atoms with Gasteiger partial charge in [-0.15, -0.1) is 0 Å². The minimum absolute atomic E-state index is 0.143. The third kappa shape index (κ3) is 4.51. The summed E-state index contributed by atoms with van der Waals surface area (Å²) in [6.45, 7) is 2.79. The van der Waals surface area contributed by atoms with E-state index in [4.69, 9.17) is 4.74 Å². The molecule has 1 N–H and O–H groups in total. The van der Waals surface area contributed by atoms with Gasteiger partial charge in [-0.05, 0) is 24.3 Å². The highest BCUT2D eigenvalue weighted by Crippen LogP contribution is 2.32. The van der Waals surface area contributed by atoms with Gasteiger partial charge in [0.25, 0.3) is 5.91 Å². The van der Waals surface area contributed by atoms with E-state index in [9.17, 15) is 18.0 Å². The highest BCUT2D eigenvalue weighted by Gasteiger charge is 2.35. The molecule has 0 spiro atoms. The first kappa shape index (κ1) is 19.4. The number of aromatic nitrogens is 1. The van der Waals surface area contributed by atoms with E-state index in [2.05, 4.69) is 10.2 Å². The molecule has 3 rings (SSSR count). The zero-order chi connectivity index (χ0) is 19.4. The second kappa shape index (κ2) is 8.14. The lowest BCUT2D eigenvalue weighted by molar-refractivity contribution is -0.137. The van der Waals surface area contributed by atoms with Gasteiger partial charge in [-0.25, -0.2) is 0 Å². The molecule has 8 heteroatoms. The molecular weight excluding hydrogens is 359 g/mol. The van der Waals surface area contributed by atoms with Crippen molar-refractivity contribution >= 4 is 5.91 Å². The Kier molecular flexibility index (Phi) is 5.86. The van der Waals surface area contributed by atoms with E-state index in [0.29, 0.717) is 26.3 Å². The van der Waals surface area contributed by atoms with Crippen molar-refractivity contribution in [2.24, 2.45) is 7.05 Å². The number of alkyl halides is 3. The molecule has 1 aliphatic rings. The fourth-order valence-electron chi connectivity index (χ4n) is 3.34. The van der Waals surface area contributed by atoms with Gasteiger partial charge in [-0.2, -0.15) is 13.2 Å². The first-order valence-corrected chi connectivity index (χ1v) is 8.75. The summed E-state index contributed by atoms with van der Waals surface area (Å²) in [6.07, 6.45) is -2.67. The van der Waals surface area contributed by atoms with E-state index < -0.39 is 17.6 Å². The molecule has 1 unspecified atom stereocenters. The Hall–Kier alpha value is -2.32. The number of carbonyl (C=O) groups is 1. The van der Waals surface area contributed by atoms with Crippen molar-refractivity contribution in [2.45, 2.75) is 12.2 Å². The van der Waals surface area contributed by atoms with Crippen LogP contribution in [0.4, 0.5) is 13.2 Å². The molecule has 1 aromatic heterocycles. The molecule has 1 atom stereocenters. The molecule has 1 amide bonds. The summed E-state index contributed by atoms with van der Waals surface area (Å²) in [5.41, 5.74) is -0.303. The smallest absolute Gasteiger partial charge is 0.379 e. The van der Waals surface area contributed by atoms with Crippen LogP contribution < -0.4 is 5.32 Å². The summed E-state index contributed by atoms with van der Waals surface area (Å²) in [5, 5.41) is 2.69. The van der Waals surface area contributed by atoms with Crippen molar-refractivity contribution < 1.29 is 22.7 Å². The number of rotatable bonds is 5. The fraction of sp³-hybridized carbons (Fsp3) is 0.421. The molecular formula is C19H22F3N3O2. The number of halogens is 3. The third-order valence-corrected chi connectivity index (χ3v) is 4.74. The molecule has 0 saturated carbocycles. The summed E-state index contributed by atoms with van der Waals surface area (Å²) in [7, 11) is 1.91. The molecule has 146 valence electrons. The molecule has 27 heavy (non-hydrogen) atoms. The molecule has 1 aliphatic heterocycles. The summed E-state index contributed by atoms with van der Waals surface area (Å²) < 4.78 is 46.8. The number of hydrogen-bond donors (Lipinski definition) is 1. The molecule has 2 aromatic rings. The van der Waals surface area contributed by atoms with Gasteiger partial charge in [-0.3, -0.25) is 9.69 Å². The van der Waals surface area contributed by atoms with E-state index in [1.54, 1.807) is 0 Å². The van der Waals surface area contributed by atoms with Crippen LogP contribution in [0.5, 0.6) is 0 Å². The van der Waals surface area contributed by atoms with Gasteiger partial charge in [-0.1, -0.05) is 12.1 Å². The van der Waals surface area contributed by atoms with Crippen LogP contribution in [-0.4, -0.2) is 48.2 Å². The van der Waals surface area contributed by atoms with Gasteiger partial charge in [0.2, 0.25) is 0 Å². The fourth-order valence-corrected chi connectivity index (χ4v) is 3.34. The molecule has 0 aliphatic carbocycles. The van der Waals surface area contributed by atoms with Crippen LogP contribution in [0.2, 0.25) is 0 Å². The minimum atomic E-state index is -4.57. The number of nitrogens with zero attached hydrogens (tertiary/aromatic N) is 2. The Morgan fingerprint density at radius 1 is 1.19 bits per heavy atom. The van der Waals surface area contributed by atoms with Gasteiger partial charge >= 0.3 is 6.18 Å². The summed E-state index contributed by atoms with van der Waals surface area (Å²) in [5.74, 6) is -0.726. The van der Waals surface area contributed by atoms with E-state index in [1.165, 1.54) is 18.2 Å². The van der Waals surface area contributed by atoms with Crippen LogP contribution in [-0.2, 0) is 18.0 Å². The number of amides is 1. The van der Waals surface area contributed by atoms with Crippen molar-refractivity contribution in [3.8, 4) is 0 Å². The number of benzene rings is 1. The predicted octanol–water partition coefficient (Wildman–Crippen LogP) is 2.85. The van der Waals surface area contributed by atoms with E-state index in [0.717, 1.165) is 11.8 Å². The Morgan fingerprint density at radius 2 is 1.89 bits per heavy atom. The van der Waals surface area contributed by atoms with Crippen LogP contribution in [0, 0.1) is 0 Å². The number of nitrogens with one attached hydrogen (secondary N) is 1. The van der Waals surface area contributed by atoms with Crippen LogP contribution in [0.15, 0.2) is 42.6 Å². The van der Waals surface area contributed by atoms with Crippen molar-refractivity contribution in [2.75, 3.05) is 32.8 Å². The van der Waals surface area contributed by atoms with Gasteiger partial charge < -0.3 is 14.6 Å².